The van der Waals surface area contributed by atoms with Gasteiger partial charge >= 0.3 is 0 Å². The van der Waals surface area contributed by atoms with Gasteiger partial charge < -0.3 is 16.4 Å². The summed E-state index contributed by atoms with van der Waals surface area (Å²) in [5, 5.41) is 6.16. The van der Waals surface area contributed by atoms with Crippen LogP contribution in [0.4, 0.5) is 17.6 Å². The largest absolute Gasteiger partial charge is 0.368 e. The molecule has 4 rings (SSSR count). The second-order valence-electron chi connectivity index (χ2n) is 7.13. The van der Waals surface area contributed by atoms with Gasteiger partial charge in [0.2, 0.25) is 17.8 Å². The summed E-state index contributed by atoms with van der Waals surface area (Å²) in [6, 6.07) is 14.9. The molecule has 9 heteroatoms. The molecule has 4 N–H and O–H groups in total. The van der Waals surface area contributed by atoms with Crippen molar-refractivity contribution in [2.75, 3.05) is 11.1 Å². The first-order valence-corrected chi connectivity index (χ1v) is 9.54. The number of rotatable bonds is 5. The van der Waals surface area contributed by atoms with Crippen molar-refractivity contribution in [1.82, 2.24) is 29.8 Å². The van der Waals surface area contributed by atoms with Crippen LogP contribution in [0, 0.1) is 6.92 Å². The van der Waals surface area contributed by atoms with E-state index in [4.69, 9.17) is 5.73 Å². The van der Waals surface area contributed by atoms with Crippen molar-refractivity contribution in [2.45, 2.75) is 26.8 Å². The van der Waals surface area contributed by atoms with E-state index in [0.29, 0.717) is 23.3 Å². The molecule has 0 spiro atoms. The van der Waals surface area contributed by atoms with Crippen molar-refractivity contribution < 1.29 is 4.79 Å². The van der Waals surface area contributed by atoms with Crippen molar-refractivity contribution in [3.63, 3.8) is 0 Å². The molecule has 30 heavy (non-hydrogen) atoms. The summed E-state index contributed by atoms with van der Waals surface area (Å²) in [7, 11) is 0. The highest BCUT2D eigenvalue weighted by Gasteiger charge is 2.16. The fourth-order valence-corrected chi connectivity index (χ4v) is 3.08. The SMILES string of the molecule is Cc1nc(N)nc(-n2c(Nc3ccc(C(=O)NC(C)C)cc3)nc3ccccc32)n1. The third-order valence-corrected chi connectivity index (χ3v) is 4.34. The third-order valence-electron chi connectivity index (χ3n) is 4.34. The van der Waals surface area contributed by atoms with Gasteiger partial charge in [0.1, 0.15) is 5.82 Å². The number of nitrogen functional groups attached to an aromatic ring is 1. The first-order valence-electron chi connectivity index (χ1n) is 9.54. The number of aromatic nitrogens is 5. The number of hydrogen-bond acceptors (Lipinski definition) is 7. The van der Waals surface area contributed by atoms with E-state index in [-0.39, 0.29) is 17.9 Å². The highest BCUT2D eigenvalue weighted by atomic mass is 16.1. The van der Waals surface area contributed by atoms with Gasteiger partial charge in [0, 0.05) is 17.3 Å². The van der Waals surface area contributed by atoms with Crippen LogP contribution in [0.2, 0.25) is 0 Å². The predicted octanol–water partition coefficient (Wildman–Crippen LogP) is 2.98. The van der Waals surface area contributed by atoms with Gasteiger partial charge in [-0.15, -0.1) is 0 Å². The van der Waals surface area contributed by atoms with Crippen LogP contribution < -0.4 is 16.4 Å². The Kier molecular flexibility index (Phi) is 5.01. The minimum absolute atomic E-state index is 0.0754. The van der Waals surface area contributed by atoms with E-state index < -0.39 is 0 Å². The van der Waals surface area contributed by atoms with Crippen LogP contribution in [0.3, 0.4) is 0 Å². The number of benzene rings is 2. The van der Waals surface area contributed by atoms with Gasteiger partial charge in [-0.2, -0.15) is 15.0 Å². The molecule has 0 saturated carbocycles. The van der Waals surface area contributed by atoms with E-state index in [1.54, 1.807) is 23.6 Å². The van der Waals surface area contributed by atoms with E-state index in [0.717, 1.165) is 16.7 Å². The van der Waals surface area contributed by atoms with Gasteiger partial charge in [0.05, 0.1) is 11.0 Å². The molecule has 1 amide bonds. The zero-order valence-corrected chi connectivity index (χ0v) is 16.9. The van der Waals surface area contributed by atoms with Crippen molar-refractivity contribution in [3.05, 3.63) is 59.9 Å². The number of aryl methyl sites for hydroxylation is 1. The number of anilines is 3. The Morgan fingerprint density at radius 1 is 1.00 bits per heavy atom. The van der Waals surface area contributed by atoms with Crippen molar-refractivity contribution in [2.24, 2.45) is 0 Å². The third kappa shape index (κ3) is 3.90. The Balaban J connectivity index is 1.72. The van der Waals surface area contributed by atoms with E-state index in [1.165, 1.54) is 0 Å². The molecule has 0 bridgehead atoms. The van der Waals surface area contributed by atoms with Gasteiger partial charge in [0.25, 0.3) is 5.91 Å². The standard InChI is InChI=1S/C21H22N8O/c1-12(2)23-18(30)14-8-10-15(11-9-14)26-21-27-16-6-4-5-7-17(16)29(21)20-25-13(3)24-19(22)28-20/h4-12H,1-3H3,(H,23,30)(H,26,27)(H2,22,24,25,28). The Morgan fingerprint density at radius 2 is 1.73 bits per heavy atom. The minimum Gasteiger partial charge on any atom is -0.368 e. The lowest BCUT2D eigenvalue weighted by Crippen LogP contribution is -2.29. The fraction of sp³-hybridized carbons (Fsp3) is 0.190. The lowest BCUT2D eigenvalue weighted by atomic mass is 10.2. The van der Waals surface area contributed by atoms with E-state index in [2.05, 4.69) is 30.6 Å². The molecule has 2 heterocycles. The van der Waals surface area contributed by atoms with Crippen LogP contribution in [0.5, 0.6) is 0 Å². The second kappa shape index (κ2) is 7.78. The maximum atomic E-state index is 12.2. The van der Waals surface area contributed by atoms with Gasteiger partial charge in [-0.05, 0) is 57.2 Å². The first kappa shape index (κ1) is 19.3. The number of fused-ring (bicyclic) bond motifs is 1. The normalized spacial score (nSPS) is 11.1. The Bertz CT molecular complexity index is 1190. The van der Waals surface area contributed by atoms with Gasteiger partial charge in [0.15, 0.2) is 0 Å². The number of para-hydroxylation sites is 2. The number of hydrogen-bond donors (Lipinski definition) is 3. The number of carbonyl (C=O) groups is 1. The van der Waals surface area contributed by atoms with Crippen LogP contribution in [0.1, 0.15) is 30.0 Å². The zero-order valence-electron chi connectivity index (χ0n) is 16.9. The summed E-state index contributed by atoms with van der Waals surface area (Å²) in [6.07, 6.45) is 0. The summed E-state index contributed by atoms with van der Waals surface area (Å²) >= 11 is 0. The smallest absolute Gasteiger partial charge is 0.251 e. The average molecular weight is 402 g/mol. The molecule has 0 saturated heterocycles. The van der Waals surface area contributed by atoms with Crippen LogP contribution in [-0.2, 0) is 0 Å². The number of amides is 1. The first-order chi connectivity index (χ1) is 14.4. The van der Waals surface area contributed by atoms with Crippen LogP contribution >= 0.6 is 0 Å². The Labute approximate surface area is 173 Å². The quantitative estimate of drug-likeness (QED) is 0.469. The van der Waals surface area contributed by atoms with Crippen molar-refractivity contribution in [3.8, 4) is 5.95 Å². The summed E-state index contributed by atoms with van der Waals surface area (Å²) in [4.78, 5) is 29.6. The maximum Gasteiger partial charge on any atom is 0.251 e. The number of carbonyl (C=O) groups excluding carboxylic acids is 1. The molecule has 4 aromatic rings. The molecule has 0 aliphatic heterocycles. The van der Waals surface area contributed by atoms with Crippen LogP contribution in [0.15, 0.2) is 48.5 Å². The number of imidazole rings is 1. The molecule has 0 fully saturated rings. The van der Waals surface area contributed by atoms with Crippen molar-refractivity contribution in [1.29, 1.82) is 0 Å². The lowest BCUT2D eigenvalue weighted by molar-refractivity contribution is 0.0943. The zero-order chi connectivity index (χ0) is 21.3. The monoisotopic (exact) mass is 402 g/mol. The van der Waals surface area contributed by atoms with E-state index in [1.807, 2.05) is 50.2 Å². The summed E-state index contributed by atoms with van der Waals surface area (Å²) in [6.45, 7) is 5.61. The lowest BCUT2D eigenvalue weighted by Gasteiger charge is -2.11. The molecule has 2 aromatic carbocycles. The molecule has 0 unspecified atom stereocenters. The van der Waals surface area contributed by atoms with E-state index >= 15 is 0 Å². The van der Waals surface area contributed by atoms with Crippen molar-refractivity contribution >= 4 is 34.5 Å². The molecular formula is C21H22N8O. The Hall–Kier alpha value is -4.01. The van der Waals surface area contributed by atoms with E-state index in [9.17, 15) is 4.79 Å². The topological polar surface area (TPSA) is 124 Å². The molecule has 0 atom stereocenters. The maximum absolute atomic E-state index is 12.2. The van der Waals surface area contributed by atoms with Gasteiger partial charge in [-0.3, -0.25) is 4.79 Å². The predicted molar refractivity (Wildman–Crippen MR) is 116 cm³/mol. The molecule has 2 aromatic heterocycles. The molecule has 0 aliphatic carbocycles. The molecule has 9 nitrogen and oxygen atoms in total. The molecular weight excluding hydrogens is 380 g/mol. The average Bonchev–Trinajstić information content (AvgIpc) is 3.05. The number of nitrogens with zero attached hydrogens (tertiary/aromatic N) is 5. The minimum atomic E-state index is -0.111. The van der Waals surface area contributed by atoms with Gasteiger partial charge in [-0.1, -0.05) is 12.1 Å². The van der Waals surface area contributed by atoms with Gasteiger partial charge in [-0.25, -0.2) is 9.55 Å². The number of nitrogens with one attached hydrogen (secondary N) is 2. The molecule has 0 aliphatic rings. The highest BCUT2D eigenvalue weighted by Crippen LogP contribution is 2.26. The number of nitrogens with two attached hydrogens (primary N) is 1. The summed E-state index contributed by atoms with van der Waals surface area (Å²) in [5.74, 6) is 1.45. The fourth-order valence-electron chi connectivity index (χ4n) is 3.08. The molecule has 152 valence electrons. The van der Waals surface area contributed by atoms with Crippen LogP contribution in [-0.4, -0.2) is 36.5 Å². The summed E-state index contributed by atoms with van der Waals surface area (Å²) < 4.78 is 1.79. The summed E-state index contributed by atoms with van der Waals surface area (Å²) in [5.41, 5.74) is 8.81. The Morgan fingerprint density at radius 3 is 2.43 bits per heavy atom. The van der Waals surface area contributed by atoms with Crippen LogP contribution in [0.25, 0.3) is 17.0 Å². The highest BCUT2D eigenvalue weighted by molar-refractivity contribution is 5.94. The second-order valence-corrected chi connectivity index (χ2v) is 7.13. The molecule has 0 radical (unpaired) electrons.